The van der Waals surface area contributed by atoms with Crippen LogP contribution in [0.4, 0.5) is 0 Å². The van der Waals surface area contributed by atoms with Crippen LogP contribution in [0.1, 0.15) is 20.8 Å². The minimum Gasteiger partial charge on any atom is -0.481 e. The van der Waals surface area contributed by atoms with Gasteiger partial charge in [-0.1, -0.05) is 19.8 Å². The predicted molar refractivity (Wildman–Crippen MR) is 80.4 cm³/mol. The molecule has 1 rings (SSSR count). The molecule has 0 bridgehead atoms. The molecule has 2 atom stereocenters. The van der Waals surface area contributed by atoms with Crippen molar-refractivity contribution >= 4 is 16.7 Å². The molecule has 0 fully saturated rings. The predicted octanol–water partition coefficient (Wildman–Crippen LogP) is 1.73. The first-order valence-corrected chi connectivity index (χ1v) is 7.69. The summed E-state index contributed by atoms with van der Waals surface area (Å²) in [6, 6.07) is 6.65. The molecule has 1 aromatic rings. The average Bonchev–Trinajstić information content (AvgIpc) is 2.47. The van der Waals surface area contributed by atoms with E-state index in [0.717, 1.165) is 0 Å². The molecule has 2 unspecified atom stereocenters. The number of carbonyl (C=O) groups excluding carboxylic acids is 1. The highest BCUT2D eigenvalue weighted by Crippen LogP contribution is 2.20. The molecule has 0 aliphatic rings. The largest absolute Gasteiger partial charge is 0.481 e. The van der Waals surface area contributed by atoms with E-state index >= 15 is 0 Å². The van der Waals surface area contributed by atoms with E-state index in [2.05, 4.69) is 11.8 Å². The van der Waals surface area contributed by atoms with Crippen molar-refractivity contribution in [1.82, 2.24) is 5.48 Å². The Bertz CT molecular complexity index is 557. The Morgan fingerprint density at radius 3 is 2.48 bits per heavy atom. The van der Waals surface area contributed by atoms with Crippen molar-refractivity contribution in [3.8, 4) is 17.6 Å². The van der Waals surface area contributed by atoms with Gasteiger partial charge in [0.1, 0.15) is 17.6 Å². The SMILES string of the molecule is CC#CCOc1ccc(S(=O)C(C(=O)NO)C(C)C)cc1. The van der Waals surface area contributed by atoms with Gasteiger partial charge in [-0.25, -0.2) is 5.48 Å². The van der Waals surface area contributed by atoms with Gasteiger partial charge in [0.25, 0.3) is 5.91 Å². The molecule has 0 saturated heterocycles. The Labute approximate surface area is 127 Å². The van der Waals surface area contributed by atoms with Gasteiger partial charge in [-0.3, -0.25) is 14.2 Å². The number of hydrogen-bond donors (Lipinski definition) is 2. The molecule has 21 heavy (non-hydrogen) atoms. The van der Waals surface area contributed by atoms with Crippen LogP contribution < -0.4 is 10.2 Å². The summed E-state index contributed by atoms with van der Waals surface area (Å²) in [6.07, 6.45) is 0. The van der Waals surface area contributed by atoms with Crippen molar-refractivity contribution in [2.45, 2.75) is 30.9 Å². The Balaban J connectivity index is 2.86. The van der Waals surface area contributed by atoms with Crippen LogP contribution in [0.25, 0.3) is 0 Å². The van der Waals surface area contributed by atoms with Gasteiger partial charge in [0.2, 0.25) is 0 Å². The molecule has 5 nitrogen and oxygen atoms in total. The van der Waals surface area contributed by atoms with Crippen molar-refractivity contribution in [3.63, 3.8) is 0 Å². The minimum atomic E-state index is -1.55. The van der Waals surface area contributed by atoms with E-state index in [4.69, 9.17) is 9.94 Å². The fourth-order valence-corrected chi connectivity index (χ4v) is 3.16. The van der Waals surface area contributed by atoms with E-state index in [1.54, 1.807) is 50.5 Å². The molecule has 2 N–H and O–H groups in total. The Morgan fingerprint density at radius 2 is 2.00 bits per heavy atom. The van der Waals surface area contributed by atoms with Crippen LogP contribution in [-0.4, -0.2) is 27.2 Å². The first kappa shape index (κ1) is 17.2. The molecule has 114 valence electrons. The number of carbonyl (C=O) groups is 1. The fourth-order valence-electron chi connectivity index (χ4n) is 1.72. The zero-order valence-corrected chi connectivity index (χ0v) is 13.1. The molecular formula is C15H19NO4S. The van der Waals surface area contributed by atoms with E-state index in [1.807, 2.05) is 0 Å². The third kappa shape index (κ3) is 4.88. The molecule has 0 heterocycles. The minimum absolute atomic E-state index is 0.172. The summed E-state index contributed by atoms with van der Waals surface area (Å²) in [6.45, 7) is 5.58. The maximum Gasteiger partial charge on any atom is 0.259 e. The zero-order valence-electron chi connectivity index (χ0n) is 12.3. The highest BCUT2D eigenvalue weighted by atomic mass is 32.2. The maximum absolute atomic E-state index is 12.4. The smallest absolute Gasteiger partial charge is 0.259 e. The average molecular weight is 309 g/mol. The Hall–Kier alpha value is -1.84. The molecule has 0 spiro atoms. The number of rotatable bonds is 6. The van der Waals surface area contributed by atoms with E-state index in [-0.39, 0.29) is 5.92 Å². The molecule has 0 radical (unpaired) electrons. The summed E-state index contributed by atoms with van der Waals surface area (Å²) in [7, 11) is -1.55. The second kappa shape index (κ2) is 8.45. The summed E-state index contributed by atoms with van der Waals surface area (Å²) in [5.74, 6) is 5.29. The van der Waals surface area contributed by atoms with Crippen molar-refractivity contribution in [1.29, 1.82) is 0 Å². The summed E-state index contributed by atoms with van der Waals surface area (Å²) in [5, 5.41) is 7.94. The topological polar surface area (TPSA) is 75.6 Å². The molecule has 0 aliphatic carbocycles. The summed E-state index contributed by atoms with van der Waals surface area (Å²) in [4.78, 5) is 12.1. The number of hydroxylamine groups is 1. The number of nitrogens with one attached hydrogen (secondary N) is 1. The molecule has 1 amide bonds. The monoisotopic (exact) mass is 309 g/mol. The third-order valence-electron chi connectivity index (χ3n) is 2.75. The molecule has 6 heteroatoms. The van der Waals surface area contributed by atoms with Crippen LogP contribution in [0.3, 0.4) is 0 Å². The van der Waals surface area contributed by atoms with Crippen LogP contribution in [0.5, 0.6) is 5.75 Å². The fraction of sp³-hybridized carbons (Fsp3) is 0.400. The normalized spacial score (nSPS) is 13.0. The third-order valence-corrected chi connectivity index (χ3v) is 4.71. The van der Waals surface area contributed by atoms with Gasteiger partial charge in [-0.05, 0) is 37.1 Å². The van der Waals surface area contributed by atoms with E-state index in [0.29, 0.717) is 17.3 Å². The summed E-state index contributed by atoms with van der Waals surface area (Å²) in [5.41, 5.74) is 1.57. The van der Waals surface area contributed by atoms with Crippen LogP contribution in [0, 0.1) is 17.8 Å². The van der Waals surface area contributed by atoms with Gasteiger partial charge in [-0.2, -0.15) is 0 Å². The van der Waals surface area contributed by atoms with Gasteiger partial charge in [0, 0.05) is 4.90 Å². The van der Waals surface area contributed by atoms with Gasteiger partial charge >= 0.3 is 0 Å². The maximum atomic E-state index is 12.4. The highest BCUT2D eigenvalue weighted by molar-refractivity contribution is 7.86. The van der Waals surface area contributed by atoms with Crippen LogP contribution in [0.15, 0.2) is 29.2 Å². The van der Waals surface area contributed by atoms with E-state index < -0.39 is 22.0 Å². The molecule has 0 saturated carbocycles. The Kier molecular flexibility index (Phi) is 6.92. The highest BCUT2D eigenvalue weighted by Gasteiger charge is 2.29. The first-order chi connectivity index (χ1) is 10.0. The van der Waals surface area contributed by atoms with Crippen LogP contribution >= 0.6 is 0 Å². The lowest BCUT2D eigenvalue weighted by Gasteiger charge is -2.18. The standard InChI is InChI=1S/C15H19NO4S/c1-4-5-10-20-12-6-8-13(9-7-12)21(19)14(11(2)3)15(17)16-18/h6-9,11,14,18H,10H2,1-3H3,(H,16,17). The van der Waals surface area contributed by atoms with Crippen LogP contribution in [0.2, 0.25) is 0 Å². The number of ether oxygens (including phenoxy) is 1. The van der Waals surface area contributed by atoms with Crippen molar-refractivity contribution in [3.05, 3.63) is 24.3 Å². The van der Waals surface area contributed by atoms with Crippen molar-refractivity contribution < 1.29 is 18.9 Å². The van der Waals surface area contributed by atoms with Gasteiger partial charge in [0.05, 0.1) is 10.8 Å². The van der Waals surface area contributed by atoms with Gasteiger partial charge in [0.15, 0.2) is 0 Å². The van der Waals surface area contributed by atoms with Crippen molar-refractivity contribution in [2.24, 2.45) is 5.92 Å². The molecule has 0 aromatic heterocycles. The number of amides is 1. The summed E-state index contributed by atoms with van der Waals surface area (Å²) < 4.78 is 17.8. The van der Waals surface area contributed by atoms with Gasteiger partial charge in [-0.15, -0.1) is 5.92 Å². The first-order valence-electron chi connectivity index (χ1n) is 6.48. The number of hydrogen-bond acceptors (Lipinski definition) is 4. The number of benzene rings is 1. The second-order valence-electron chi connectivity index (χ2n) is 4.62. The van der Waals surface area contributed by atoms with Crippen molar-refractivity contribution in [2.75, 3.05) is 6.61 Å². The van der Waals surface area contributed by atoms with E-state index in [9.17, 15) is 9.00 Å². The summed E-state index contributed by atoms with van der Waals surface area (Å²) >= 11 is 0. The van der Waals surface area contributed by atoms with Gasteiger partial charge < -0.3 is 4.74 Å². The second-order valence-corrected chi connectivity index (χ2v) is 6.20. The Morgan fingerprint density at radius 1 is 1.38 bits per heavy atom. The lowest BCUT2D eigenvalue weighted by atomic mass is 10.1. The van der Waals surface area contributed by atoms with E-state index in [1.165, 1.54) is 0 Å². The lowest BCUT2D eigenvalue weighted by Crippen LogP contribution is -2.39. The molecular weight excluding hydrogens is 290 g/mol. The van der Waals surface area contributed by atoms with Crippen LogP contribution in [-0.2, 0) is 15.6 Å². The zero-order chi connectivity index (χ0) is 15.8. The quantitative estimate of drug-likeness (QED) is 0.477. The molecule has 1 aromatic carbocycles. The lowest BCUT2D eigenvalue weighted by molar-refractivity contribution is -0.129. The molecule has 0 aliphatic heterocycles.